The normalized spacial score (nSPS) is 10.1. The highest BCUT2D eigenvalue weighted by Gasteiger charge is 2.08. The second kappa shape index (κ2) is 8.62. The van der Waals surface area contributed by atoms with Gasteiger partial charge in [-0.25, -0.2) is 0 Å². The van der Waals surface area contributed by atoms with Crippen LogP contribution in [0.25, 0.3) is 0 Å². The number of pyridine rings is 1. The maximum absolute atomic E-state index is 12.3. The van der Waals surface area contributed by atoms with Crippen molar-refractivity contribution in [3.63, 3.8) is 0 Å². The first-order valence-electron chi connectivity index (χ1n) is 8.38. The average Bonchev–Trinajstić information content (AvgIpc) is 2.73. The molecule has 0 saturated carbocycles. The van der Waals surface area contributed by atoms with Crippen LogP contribution in [0.5, 0.6) is 5.75 Å². The van der Waals surface area contributed by atoms with Crippen molar-refractivity contribution in [2.24, 2.45) is 0 Å². The standard InChI is InChI=1S/C21H19N3O3/c1-27-19-6-2-4-16(12-19)21(26)24-18-9-7-15(8-10-18)13-23-20(25)17-5-3-11-22-14-17/h2-12,14H,13H2,1H3,(H,23,25)(H,24,26). The number of hydrogen-bond acceptors (Lipinski definition) is 4. The Balaban J connectivity index is 1.57. The molecule has 0 atom stereocenters. The molecular formula is C21H19N3O3. The predicted octanol–water partition coefficient (Wildman–Crippen LogP) is 3.27. The van der Waals surface area contributed by atoms with E-state index in [0.717, 1.165) is 5.56 Å². The van der Waals surface area contributed by atoms with E-state index in [1.165, 1.54) is 6.20 Å². The summed E-state index contributed by atoms with van der Waals surface area (Å²) in [6.07, 6.45) is 3.14. The number of ether oxygens (including phenoxy) is 1. The zero-order valence-corrected chi connectivity index (χ0v) is 14.8. The van der Waals surface area contributed by atoms with Crippen LogP contribution in [-0.2, 0) is 6.54 Å². The molecule has 1 aromatic heterocycles. The van der Waals surface area contributed by atoms with Gasteiger partial charge in [0.25, 0.3) is 11.8 Å². The van der Waals surface area contributed by atoms with E-state index in [9.17, 15) is 9.59 Å². The van der Waals surface area contributed by atoms with Crippen LogP contribution in [-0.4, -0.2) is 23.9 Å². The monoisotopic (exact) mass is 361 g/mol. The number of carbonyl (C=O) groups is 2. The molecule has 3 rings (SSSR count). The van der Waals surface area contributed by atoms with Gasteiger partial charge in [0.1, 0.15) is 5.75 Å². The third kappa shape index (κ3) is 4.92. The van der Waals surface area contributed by atoms with Gasteiger partial charge in [-0.1, -0.05) is 18.2 Å². The molecule has 0 aliphatic heterocycles. The Labute approximate surface area is 157 Å². The first-order valence-corrected chi connectivity index (χ1v) is 8.38. The second-order valence-electron chi connectivity index (χ2n) is 5.81. The van der Waals surface area contributed by atoms with E-state index in [2.05, 4.69) is 15.6 Å². The van der Waals surface area contributed by atoms with Crippen molar-refractivity contribution in [3.8, 4) is 5.75 Å². The molecule has 2 amide bonds. The number of benzene rings is 2. The molecular weight excluding hydrogens is 342 g/mol. The van der Waals surface area contributed by atoms with Gasteiger partial charge in [-0.15, -0.1) is 0 Å². The quantitative estimate of drug-likeness (QED) is 0.706. The summed E-state index contributed by atoms with van der Waals surface area (Å²) in [6.45, 7) is 0.387. The minimum absolute atomic E-state index is 0.182. The number of hydrogen-bond donors (Lipinski definition) is 2. The molecule has 0 aliphatic rings. The van der Waals surface area contributed by atoms with E-state index in [0.29, 0.717) is 29.1 Å². The number of aromatic nitrogens is 1. The highest BCUT2D eigenvalue weighted by atomic mass is 16.5. The highest BCUT2D eigenvalue weighted by molar-refractivity contribution is 6.04. The van der Waals surface area contributed by atoms with Gasteiger partial charge in [0.15, 0.2) is 0 Å². The highest BCUT2D eigenvalue weighted by Crippen LogP contribution is 2.15. The van der Waals surface area contributed by atoms with Crippen LogP contribution in [0.2, 0.25) is 0 Å². The van der Waals surface area contributed by atoms with E-state index in [1.54, 1.807) is 61.8 Å². The number of nitrogens with zero attached hydrogens (tertiary/aromatic N) is 1. The first-order chi connectivity index (χ1) is 13.2. The first kappa shape index (κ1) is 18.1. The molecule has 6 nitrogen and oxygen atoms in total. The van der Waals surface area contributed by atoms with Crippen molar-refractivity contribution in [2.45, 2.75) is 6.54 Å². The molecule has 0 fully saturated rings. The summed E-state index contributed by atoms with van der Waals surface area (Å²) >= 11 is 0. The van der Waals surface area contributed by atoms with E-state index in [4.69, 9.17) is 4.74 Å². The molecule has 2 aromatic carbocycles. The average molecular weight is 361 g/mol. The molecule has 27 heavy (non-hydrogen) atoms. The Morgan fingerprint density at radius 1 is 0.963 bits per heavy atom. The van der Waals surface area contributed by atoms with Gasteiger partial charge in [0, 0.05) is 30.2 Å². The molecule has 0 bridgehead atoms. The largest absolute Gasteiger partial charge is 0.497 e. The molecule has 136 valence electrons. The maximum Gasteiger partial charge on any atom is 0.255 e. The zero-order chi connectivity index (χ0) is 19.1. The summed E-state index contributed by atoms with van der Waals surface area (Å²) < 4.78 is 5.13. The lowest BCUT2D eigenvalue weighted by molar-refractivity contribution is 0.0949. The number of methoxy groups -OCH3 is 1. The Kier molecular flexibility index (Phi) is 5.79. The molecule has 1 heterocycles. The van der Waals surface area contributed by atoms with Crippen LogP contribution in [0, 0.1) is 0 Å². The van der Waals surface area contributed by atoms with Crippen LogP contribution >= 0.6 is 0 Å². The summed E-state index contributed by atoms with van der Waals surface area (Å²) in [5.41, 5.74) is 2.62. The summed E-state index contributed by atoms with van der Waals surface area (Å²) in [7, 11) is 1.56. The SMILES string of the molecule is COc1cccc(C(=O)Nc2ccc(CNC(=O)c3cccnc3)cc2)c1. The number of amides is 2. The van der Waals surface area contributed by atoms with Gasteiger partial charge in [-0.3, -0.25) is 14.6 Å². The predicted molar refractivity (Wildman–Crippen MR) is 103 cm³/mol. The van der Waals surface area contributed by atoms with Gasteiger partial charge in [-0.05, 0) is 48.0 Å². The van der Waals surface area contributed by atoms with E-state index in [1.807, 2.05) is 12.1 Å². The van der Waals surface area contributed by atoms with Crippen LogP contribution in [0.4, 0.5) is 5.69 Å². The second-order valence-corrected chi connectivity index (χ2v) is 5.81. The van der Waals surface area contributed by atoms with Crippen molar-refractivity contribution in [1.82, 2.24) is 10.3 Å². The van der Waals surface area contributed by atoms with Gasteiger partial charge in [-0.2, -0.15) is 0 Å². The minimum atomic E-state index is -0.216. The molecule has 0 unspecified atom stereocenters. The fourth-order valence-corrected chi connectivity index (χ4v) is 2.45. The van der Waals surface area contributed by atoms with Gasteiger partial charge in [0.05, 0.1) is 12.7 Å². The molecule has 2 N–H and O–H groups in total. The van der Waals surface area contributed by atoms with Crippen molar-refractivity contribution < 1.29 is 14.3 Å². The molecule has 0 spiro atoms. The molecule has 6 heteroatoms. The summed E-state index contributed by atoms with van der Waals surface area (Å²) in [5, 5.41) is 5.67. The lowest BCUT2D eigenvalue weighted by Gasteiger charge is -2.09. The number of anilines is 1. The van der Waals surface area contributed by atoms with Crippen molar-refractivity contribution >= 4 is 17.5 Å². The minimum Gasteiger partial charge on any atom is -0.497 e. The van der Waals surface area contributed by atoms with Crippen LogP contribution in [0.15, 0.2) is 73.1 Å². The lowest BCUT2D eigenvalue weighted by atomic mass is 10.1. The number of rotatable bonds is 6. The molecule has 0 saturated heterocycles. The Bertz CT molecular complexity index is 925. The topological polar surface area (TPSA) is 80.3 Å². The summed E-state index contributed by atoms with van der Waals surface area (Å²) in [5.74, 6) is 0.229. The summed E-state index contributed by atoms with van der Waals surface area (Å²) in [4.78, 5) is 28.3. The van der Waals surface area contributed by atoms with Gasteiger partial charge in [0.2, 0.25) is 0 Å². The van der Waals surface area contributed by atoms with Gasteiger partial charge >= 0.3 is 0 Å². The van der Waals surface area contributed by atoms with Crippen molar-refractivity contribution in [2.75, 3.05) is 12.4 Å². The molecule has 0 aliphatic carbocycles. The zero-order valence-electron chi connectivity index (χ0n) is 14.8. The van der Waals surface area contributed by atoms with Crippen LogP contribution < -0.4 is 15.4 Å². The van der Waals surface area contributed by atoms with Crippen LogP contribution in [0.3, 0.4) is 0 Å². The number of nitrogens with one attached hydrogen (secondary N) is 2. The fourth-order valence-electron chi connectivity index (χ4n) is 2.45. The molecule has 3 aromatic rings. The van der Waals surface area contributed by atoms with E-state index in [-0.39, 0.29) is 11.8 Å². The van der Waals surface area contributed by atoms with E-state index >= 15 is 0 Å². The fraction of sp³-hybridized carbons (Fsp3) is 0.0952. The Morgan fingerprint density at radius 2 is 1.74 bits per heavy atom. The summed E-state index contributed by atoms with van der Waals surface area (Å²) in [6, 6.07) is 17.7. The maximum atomic E-state index is 12.3. The number of carbonyl (C=O) groups excluding carboxylic acids is 2. The Hall–Kier alpha value is -3.67. The van der Waals surface area contributed by atoms with Crippen LogP contribution in [0.1, 0.15) is 26.3 Å². The third-order valence-corrected chi connectivity index (χ3v) is 3.92. The van der Waals surface area contributed by atoms with E-state index < -0.39 is 0 Å². The smallest absolute Gasteiger partial charge is 0.255 e. The van der Waals surface area contributed by atoms with Crippen molar-refractivity contribution in [1.29, 1.82) is 0 Å². The Morgan fingerprint density at radius 3 is 2.44 bits per heavy atom. The van der Waals surface area contributed by atoms with Crippen molar-refractivity contribution in [3.05, 3.63) is 89.7 Å². The van der Waals surface area contributed by atoms with Gasteiger partial charge < -0.3 is 15.4 Å². The lowest BCUT2D eigenvalue weighted by Crippen LogP contribution is -2.22. The molecule has 0 radical (unpaired) electrons. The third-order valence-electron chi connectivity index (χ3n) is 3.92.